The van der Waals surface area contributed by atoms with Gasteiger partial charge in [0.2, 0.25) is 0 Å². The summed E-state index contributed by atoms with van der Waals surface area (Å²) in [6.07, 6.45) is 0. The van der Waals surface area contributed by atoms with E-state index in [1.165, 1.54) is 0 Å². The fourth-order valence-electron chi connectivity index (χ4n) is 8.43. The number of hydrogen-bond donors (Lipinski definition) is 0. The van der Waals surface area contributed by atoms with E-state index in [0.29, 0.717) is 5.82 Å². The summed E-state index contributed by atoms with van der Waals surface area (Å²) in [5.74, 6) is 0.627. The van der Waals surface area contributed by atoms with Gasteiger partial charge in [0, 0.05) is 60.1 Å². The van der Waals surface area contributed by atoms with Gasteiger partial charge in [-0.05, 0) is 59.7 Å². The molecule has 0 fully saturated rings. The molecule has 0 amide bonds. The van der Waals surface area contributed by atoms with Crippen LogP contribution in [0.3, 0.4) is 0 Å². The molecule has 0 aliphatic rings. The molecule has 0 N–H and O–H groups in total. The highest BCUT2D eigenvalue weighted by atomic mass is 16.3. The SMILES string of the molecule is c1ccc(-c2nc(-c3cc(-c4cccc5c4oc4ccccc45)cc(-c4cccc5c4oc4ccccc45)c3)cc(-c3cccc4c3oc3ccccc34)n2)cc1. The molecule has 4 aromatic heterocycles. The summed E-state index contributed by atoms with van der Waals surface area (Å²) in [6, 6.07) is 62.5. The van der Waals surface area contributed by atoms with Crippen LogP contribution in [0, 0.1) is 0 Å². The Balaban J connectivity index is 1.14. The van der Waals surface area contributed by atoms with Gasteiger partial charge >= 0.3 is 0 Å². The topological polar surface area (TPSA) is 65.2 Å². The third-order valence-electron chi connectivity index (χ3n) is 11.1. The van der Waals surface area contributed by atoms with E-state index in [1.807, 2.05) is 60.7 Å². The first-order valence-corrected chi connectivity index (χ1v) is 19.1. The van der Waals surface area contributed by atoms with E-state index in [4.69, 9.17) is 23.2 Å². The first kappa shape index (κ1) is 31.6. The summed E-state index contributed by atoms with van der Waals surface area (Å²) in [5.41, 5.74) is 13.3. The van der Waals surface area contributed by atoms with Gasteiger partial charge in [0.15, 0.2) is 5.82 Å². The van der Waals surface area contributed by atoms with Crippen LogP contribution in [0.25, 0.3) is 122 Å². The second-order valence-corrected chi connectivity index (χ2v) is 14.5. The van der Waals surface area contributed by atoms with Crippen LogP contribution >= 0.6 is 0 Å². The van der Waals surface area contributed by atoms with Crippen molar-refractivity contribution in [1.29, 1.82) is 0 Å². The molecule has 57 heavy (non-hydrogen) atoms. The van der Waals surface area contributed by atoms with Gasteiger partial charge in [-0.15, -0.1) is 0 Å². The summed E-state index contributed by atoms with van der Waals surface area (Å²) in [4.78, 5) is 10.5. The zero-order valence-electron chi connectivity index (χ0n) is 30.4. The van der Waals surface area contributed by atoms with Crippen molar-refractivity contribution >= 4 is 65.8 Å². The first-order valence-electron chi connectivity index (χ1n) is 19.1. The van der Waals surface area contributed by atoms with Crippen molar-refractivity contribution in [3.05, 3.63) is 182 Å². The molecule has 12 aromatic rings. The van der Waals surface area contributed by atoms with Crippen LogP contribution in [0.5, 0.6) is 0 Å². The second kappa shape index (κ2) is 12.4. The van der Waals surface area contributed by atoms with Crippen LogP contribution in [0.2, 0.25) is 0 Å². The van der Waals surface area contributed by atoms with Crippen molar-refractivity contribution < 1.29 is 13.3 Å². The Bertz CT molecular complexity index is 3400. The summed E-state index contributed by atoms with van der Waals surface area (Å²) < 4.78 is 19.7. The highest BCUT2D eigenvalue weighted by Crippen LogP contribution is 2.43. The predicted molar refractivity (Wildman–Crippen MR) is 231 cm³/mol. The Morgan fingerprint density at radius 3 is 1.21 bits per heavy atom. The molecule has 0 radical (unpaired) electrons. The molecule has 0 spiro atoms. The van der Waals surface area contributed by atoms with Gasteiger partial charge < -0.3 is 13.3 Å². The zero-order valence-corrected chi connectivity index (χ0v) is 30.4. The quantitative estimate of drug-likeness (QED) is 0.176. The lowest BCUT2D eigenvalue weighted by Gasteiger charge is -2.14. The smallest absolute Gasteiger partial charge is 0.160 e. The monoisotopic (exact) mass is 730 g/mol. The Hall–Kier alpha value is -7.76. The summed E-state index contributed by atoms with van der Waals surface area (Å²) in [5, 5.41) is 6.44. The number of benzene rings is 8. The molecular weight excluding hydrogens is 701 g/mol. The van der Waals surface area contributed by atoms with Crippen molar-refractivity contribution in [1.82, 2.24) is 9.97 Å². The van der Waals surface area contributed by atoms with Crippen molar-refractivity contribution in [2.45, 2.75) is 0 Å². The Morgan fingerprint density at radius 1 is 0.281 bits per heavy atom. The molecule has 0 aliphatic heterocycles. The van der Waals surface area contributed by atoms with Crippen molar-refractivity contribution in [2.24, 2.45) is 0 Å². The number of furan rings is 3. The fraction of sp³-hybridized carbons (Fsp3) is 0. The van der Waals surface area contributed by atoms with Crippen LogP contribution in [0.4, 0.5) is 0 Å². The summed E-state index contributed by atoms with van der Waals surface area (Å²) in [6.45, 7) is 0. The minimum absolute atomic E-state index is 0.627. The van der Waals surface area contributed by atoms with E-state index in [-0.39, 0.29) is 0 Å². The predicted octanol–water partition coefficient (Wildman–Crippen LogP) is 14.5. The molecule has 0 aliphatic carbocycles. The van der Waals surface area contributed by atoms with Gasteiger partial charge in [0.25, 0.3) is 0 Å². The number of aromatic nitrogens is 2. The number of hydrogen-bond acceptors (Lipinski definition) is 5. The van der Waals surface area contributed by atoms with Gasteiger partial charge in [0.1, 0.15) is 33.5 Å². The van der Waals surface area contributed by atoms with E-state index < -0.39 is 0 Å². The Morgan fingerprint density at radius 2 is 0.684 bits per heavy atom. The van der Waals surface area contributed by atoms with Crippen LogP contribution < -0.4 is 0 Å². The standard InChI is InChI=1S/C52H30N2O3/c1-2-13-31(14-3-1)52-53-44(30-45(54-52)43-23-12-22-42-39-17-6-9-26-48(39)57-51(42)43)34-28-32(35-18-10-20-40-37-15-4-7-24-46(37)55-49(35)40)27-33(29-34)36-19-11-21-41-38-16-5-8-25-47(38)56-50(36)41/h1-30H. The number of rotatable bonds is 5. The third-order valence-corrected chi connectivity index (χ3v) is 11.1. The normalized spacial score (nSPS) is 11.9. The fourth-order valence-corrected chi connectivity index (χ4v) is 8.43. The maximum Gasteiger partial charge on any atom is 0.160 e. The van der Waals surface area contributed by atoms with Crippen molar-refractivity contribution in [3.63, 3.8) is 0 Å². The second-order valence-electron chi connectivity index (χ2n) is 14.5. The minimum Gasteiger partial charge on any atom is -0.455 e. The number of nitrogens with zero attached hydrogens (tertiary/aromatic N) is 2. The number of fused-ring (bicyclic) bond motifs is 9. The molecule has 0 saturated heterocycles. The molecule has 8 aromatic carbocycles. The van der Waals surface area contributed by atoms with E-state index in [9.17, 15) is 0 Å². The highest BCUT2D eigenvalue weighted by molar-refractivity contribution is 6.12. The molecule has 12 rings (SSSR count). The largest absolute Gasteiger partial charge is 0.455 e. The van der Waals surface area contributed by atoms with Crippen molar-refractivity contribution in [3.8, 4) is 56.2 Å². The maximum atomic E-state index is 6.60. The minimum atomic E-state index is 0.627. The van der Waals surface area contributed by atoms with E-state index in [1.54, 1.807) is 0 Å². The van der Waals surface area contributed by atoms with Crippen LogP contribution in [-0.4, -0.2) is 9.97 Å². The lowest BCUT2D eigenvalue weighted by Crippen LogP contribution is -1.97. The maximum absolute atomic E-state index is 6.60. The Kier molecular flexibility index (Phi) is 6.86. The van der Waals surface area contributed by atoms with E-state index >= 15 is 0 Å². The lowest BCUT2D eigenvalue weighted by molar-refractivity contribution is 0.669. The number of para-hydroxylation sites is 6. The van der Waals surface area contributed by atoms with Gasteiger partial charge in [0.05, 0.1) is 11.4 Å². The molecule has 5 heteroatoms. The Labute approximate surface area is 326 Å². The zero-order chi connectivity index (χ0) is 37.5. The van der Waals surface area contributed by atoms with Crippen LogP contribution in [-0.2, 0) is 0 Å². The van der Waals surface area contributed by atoms with Gasteiger partial charge in [-0.1, -0.05) is 133 Å². The third kappa shape index (κ3) is 5.03. The molecule has 266 valence electrons. The first-order chi connectivity index (χ1) is 28.2. The average molecular weight is 731 g/mol. The van der Waals surface area contributed by atoms with Crippen LogP contribution in [0.1, 0.15) is 0 Å². The van der Waals surface area contributed by atoms with E-state index in [2.05, 4.69) is 121 Å². The molecule has 4 heterocycles. The molecule has 0 unspecified atom stereocenters. The van der Waals surface area contributed by atoms with Gasteiger partial charge in [-0.3, -0.25) is 0 Å². The van der Waals surface area contributed by atoms with Crippen LogP contribution in [0.15, 0.2) is 195 Å². The summed E-state index contributed by atoms with van der Waals surface area (Å²) >= 11 is 0. The summed E-state index contributed by atoms with van der Waals surface area (Å²) in [7, 11) is 0. The lowest BCUT2D eigenvalue weighted by atomic mass is 9.93. The van der Waals surface area contributed by atoms with E-state index in [0.717, 1.165) is 116 Å². The van der Waals surface area contributed by atoms with Gasteiger partial charge in [-0.25, -0.2) is 9.97 Å². The molecule has 5 nitrogen and oxygen atoms in total. The molecule has 0 saturated carbocycles. The highest BCUT2D eigenvalue weighted by Gasteiger charge is 2.20. The molecule has 0 atom stereocenters. The van der Waals surface area contributed by atoms with Crippen molar-refractivity contribution in [2.75, 3.05) is 0 Å². The molecule has 0 bridgehead atoms. The van der Waals surface area contributed by atoms with Gasteiger partial charge in [-0.2, -0.15) is 0 Å². The molecular formula is C52H30N2O3. The average Bonchev–Trinajstić information content (AvgIpc) is 3.98.